The summed E-state index contributed by atoms with van der Waals surface area (Å²) in [7, 11) is 3.30. The van der Waals surface area contributed by atoms with E-state index in [2.05, 4.69) is 24.3 Å². The molecule has 2 aromatic rings. The number of benzene rings is 2. The second-order valence-corrected chi connectivity index (χ2v) is 5.94. The third-order valence-corrected chi connectivity index (χ3v) is 4.27. The maximum atomic E-state index is 12.9. The molecule has 0 bridgehead atoms. The summed E-state index contributed by atoms with van der Waals surface area (Å²) >= 11 is 0. The van der Waals surface area contributed by atoms with E-state index in [1.165, 1.54) is 0 Å². The molecular formula is C21H27NO3. The summed E-state index contributed by atoms with van der Waals surface area (Å²) in [5.74, 6) is 0.161. The van der Waals surface area contributed by atoms with E-state index in [1.54, 1.807) is 14.2 Å². The van der Waals surface area contributed by atoms with Crippen molar-refractivity contribution in [3.63, 3.8) is 0 Å². The summed E-state index contributed by atoms with van der Waals surface area (Å²) in [4.78, 5) is 14.8. The van der Waals surface area contributed by atoms with Crippen LogP contribution in [0.5, 0.6) is 0 Å². The molecule has 0 radical (unpaired) electrons. The van der Waals surface area contributed by atoms with Gasteiger partial charge in [0.1, 0.15) is 0 Å². The predicted molar refractivity (Wildman–Crippen MR) is 99.7 cm³/mol. The van der Waals surface area contributed by atoms with Gasteiger partial charge in [-0.2, -0.15) is 0 Å². The van der Waals surface area contributed by atoms with E-state index in [4.69, 9.17) is 9.47 Å². The van der Waals surface area contributed by atoms with Crippen LogP contribution in [0.15, 0.2) is 60.7 Å². The molecule has 2 rings (SSSR count). The van der Waals surface area contributed by atoms with Gasteiger partial charge in [0.2, 0.25) is 5.91 Å². The standard InChI is InChI=1S/C21H27NO3/c1-24-15-13-22(14-16-25-2)21(23)17-20(18-9-5-3-6-10-18)19-11-7-4-8-12-19/h3-12,20H,13-17H2,1-2H3. The number of amides is 1. The van der Waals surface area contributed by atoms with Gasteiger partial charge in [-0.05, 0) is 11.1 Å². The molecule has 25 heavy (non-hydrogen) atoms. The molecule has 0 aromatic heterocycles. The van der Waals surface area contributed by atoms with Crippen LogP contribution in [0.3, 0.4) is 0 Å². The van der Waals surface area contributed by atoms with Gasteiger partial charge < -0.3 is 14.4 Å². The van der Waals surface area contributed by atoms with E-state index in [0.29, 0.717) is 32.7 Å². The first kappa shape index (κ1) is 19.2. The van der Waals surface area contributed by atoms with Crippen LogP contribution in [0.4, 0.5) is 0 Å². The van der Waals surface area contributed by atoms with Gasteiger partial charge >= 0.3 is 0 Å². The van der Waals surface area contributed by atoms with Crippen molar-refractivity contribution in [3.8, 4) is 0 Å². The second kappa shape index (κ2) is 10.6. The Morgan fingerprint density at radius 2 is 1.28 bits per heavy atom. The fourth-order valence-corrected chi connectivity index (χ4v) is 2.87. The van der Waals surface area contributed by atoms with Crippen LogP contribution in [-0.2, 0) is 14.3 Å². The first-order valence-electron chi connectivity index (χ1n) is 8.61. The van der Waals surface area contributed by atoms with Crippen molar-refractivity contribution in [1.29, 1.82) is 0 Å². The Kier molecular flexibility index (Phi) is 8.16. The molecule has 0 unspecified atom stereocenters. The SMILES string of the molecule is COCCN(CCOC)C(=O)CC(c1ccccc1)c1ccccc1. The fraction of sp³-hybridized carbons (Fsp3) is 0.381. The van der Waals surface area contributed by atoms with Crippen molar-refractivity contribution in [1.82, 2.24) is 4.90 Å². The highest BCUT2D eigenvalue weighted by Gasteiger charge is 2.21. The van der Waals surface area contributed by atoms with Crippen molar-refractivity contribution in [2.24, 2.45) is 0 Å². The Labute approximate surface area is 150 Å². The van der Waals surface area contributed by atoms with Crippen molar-refractivity contribution in [3.05, 3.63) is 71.8 Å². The van der Waals surface area contributed by atoms with Gasteiger partial charge in [-0.15, -0.1) is 0 Å². The summed E-state index contributed by atoms with van der Waals surface area (Å²) in [5, 5.41) is 0. The summed E-state index contributed by atoms with van der Waals surface area (Å²) in [6, 6.07) is 20.4. The third kappa shape index (κ3) is 6.00. The average molecular weight is 341 g/mol. The van der Waals surface area contributed by atoms with E-state index >= 15 is 0 Å². The first-order valence-corrected chi connectivity index (χ1v) is 8.61. The Morgan fingerprint density at radius 3 is 1.68 bits per heavy atom. The zero-order chi connectivity index (χ0) is 17.9. The lowest BCUT2D eigenvalue weighted by atomic mass is 9.88. The maximum absolute atomic E-state index is 12.9. The van der Waals surface area contributed by atoms with Gasteiger partial charge in [-0.25, -0.2) is 0 Å². The summed E-state index contributed by atoms with van der Waals surface area (Å²) < 4.78 is 10.3. The Bertz CT molecular complexity index is 568. The molecule has 0 saturated heterocycles. The highest BCUT2D eigenvalue weighted by Crippen LogP contribution is 2.28. The minimum Gasteiger partial charge on any atom is -0.383 e. The highest BCUT2D eigenvalue weighted by atomic mass is 16.5. The van der Waals surface area contributed by atoms with Crippen LogP contribution in [0.2, 0.25) is 0 Å². The minimum atomic E-state index is 0.0440. The number of nitrogens with zero attached hydrogens (tertiary/aromatic N) is 1. The summed E-state index contributed by atoms with van der Waals surface area (Å²) in [6.07, 6.45) is 0.432. The molecule has 0 aliphatic heterocycles. The fourth-order valence-electron chi connectivity index (χ4n) is 2.87. The Morgan fingerprint density at radius 1 is 0.840 bits per heavy atom. The van der Waals surface area contributed by atoms with Gasteiger partial charge in [0.25, 0.3) is 0 Å². The Balaban J connectivity index is 2.18. The monoisotopic (exact) mass is 341 g/mol. The molecular weight excluding hydrogens is 314 g/mol. The minimum absolute atomic E-state index is 0.0440. The quantitative estimate of drug-likeness (QED) is 0.665. The lowest BCUT2D eigenvalue weighted by molar-refractivity contribution is -0.132. The smallest absolute Gasteiger partial charge is 0.223 e. The van der Waals surface area contributed by atoms with E-state index < -0.39 is 0 Å². The number of hydrogen-bond acceptors (Lipinski definition) is 3. The molecule has 1 amide bonds. The van der Waals surface area contributed by atoms with Crippen molar-refractivity contribution in [2.75, 3.05) is 40.5 Å². The van der Waals surface area contributed by atoms with Gasteiger partial charge in [0.15, 0.2) is 0 Å². The number of hydrogen-bond donors (Lipinski definition) is 0. The van der Waals surface area contributed by atoms with E-state index in [0.717, 1.165) is 11.1 Å². The number of rotatable bonds is 10. The van der Waals surface area contributed by atoms with Gasteiger partial charge in [0, 0.05) is 39.6 Å². The molecule has 0 aliphatic carbocycles. The molecule has 0 heterocycles. The third-order valence-electron chi connectivity index (χ3n) is 4.27. The van der Waals surface area contributed by atoms with Crippen LogP contribution in [0.1, 0.15) is 23.5 Å². The number of carbonyl (C=O) groups excluding carboxylic acids is 1. The first-order chi connectivity index (χ1) is 12.3. The molecule has 0 saturated carbocycles. The lowest BCUT2D eigenvalue weighted by Gasteiger charge is -2.25. The Hall–Kier alpha value is -2.17. The maximum Gasteiger partial charge on any atom is 0.223 e. The van der Waals surface area contributed by atoms with E-state index in [9.17, 15) is 4.79 Å². The molecule has 0 atom stereocenters. The average Bonchev–Trinajstić information content (AvgIpc) is 2.67. The topological polar surface area (TPSA) is 38.8 Å². The summed E-state index contributed by atoms with van der Waals surface area (Å²) in [6.45, 7) is 2.21. The van der Waals surface area contributed by atoms with Crippen molar-refractivity contribution < 1.29 is 14.3 Å². The van der Waals surface area contributed by atoms with Crippen LogP contribution in [-0.4, -0.2) is 51.3 Å². The zero-order valence-electron chi connectivity index (χ0n) is 15.1. The second-order valence-electron chi connectivity index (χ2n) is 5.94. The largest absolute Gasteiger partial charge is 0.383 e. The molecule has 0 N–H and O–H groups in total. The predicted octanol–water partition coefficient (Wildman–Crippen LogP) is 3.33. The van der Waals surface area contributed by atoms with Crippen molar-refractivity contribution >= 4 is 5.91 Å². The highest BCUT2D eigenvalue weighted by molar-refractivity contribution is 5.77. The molecule has 0 spiro atoms. The number of ether oxygens (including phenoxy) is 2. The van der Waals surface area contributed by atoms with Crippen LogP contribution in [0.25, 0.3) is 0 Å². The van der Waals surface area contributed by atoms with Gasteiger partial charge in [-0.3, -0.25) is 4.79 Å². The molecule has 4 heteroatoms. The number of methoxy groups -OCH3 is 2. The number of carbonyl (C=O) groups is 1. The lowest BCUT2D eigenvalue weighted by Crippen LogP contribution is -2.37. The van der Waals surface area contributed by atoms with Crippen molar-refractivity contribution in [2.45, 2.75) is 12.3 Å². The van der Waals surface area contributed by atoms with Gasteiger partial charge in [0.05, 0.1) is 13.2 Å². The van der Waals surface area contributed by atoms with Gasteiger partial charge in [-0.1, -0.05) is 60.7 Å². The molecule has 134 valence electrons. The van der Waals surface area contributed by atoms with Crippen LogP contribution in [0, 0.1) is 0 Å². The van der Waals surface area contributed by atoms with Crippen LogP contribution >= 0.6 is 0 Å². The molecule has 0 aliphatic rings. The van der Waals surface area contributed by atoms with E-state index in [-0.39, 0.29) is 11.8 Å². The van der Waals surface area contributed by atoms with E-state index in [1.807, 2.05) is 41.3 Å². The molecule has 2 aromatic carbocycles. The summed E-state index contributed by atoms with van der Waals surface area (Å²) in [5.41, 5.74) is 2.31. The molecule has 0 fully saturated rings. The zero-order valence-corrected chi connectivity index (χ0v) is 15.1. The normalized spacial score (nSPS) is 10.8. The molecule has 4 nitrogen and oxygen atoms in total. The van der Waals surface area contributed by atoms with Crippen LogP contribution < -0.4 is 0 Å².